The summed E-state index contributed by atoms with van der Waals surface area (Å²) in [5.74, 6) is -2.15. The second-order valence-corrected chi connectivity index (χ2v) is 10.7. The molecule has 2 N–H and O–H groups in total. The smallest absolute Gasteiger partial charge is 0.326 e. The second kappa shape index (κ2) is 9.35. The zero-order chi connectivity index (χ0) is 23.6. The Morgan fingerprint density at radius 2 is 1.77 bits per heavy atom. The Hall–Kier alpha value is -2.46. The Morgan fingerprint density at radius 3 is 2.26 bits per heavy atom. The van der Waals surface area contributed by atoms with E-state index in [0.29, 0.717) is 18.5 Å². The Bertz CT molecular complexity index is 926. The highest BCUT2D eigenvalue weighted by molar-refractivity contribution is 7.88. The number of carboxylic acid groups (broad SMARTS) is 1. The van der Waals surface area contributed by atoms with Gasteiger partial charge in [-0.25, -0.2) is 17.9 Å². The van der Waals surface area contributed by atoms with Crippen molar-refractivity contribution < 1.29 is 27.9 Å². The Morgan fingerprint density at radius 1 is 1.19 bits per heavy atom. The van der Waals surface area contributed by atoms with Crippen molar-refractivity contribution in [1.29, 1.82) is 0 Å². The van der Waals surface area contributed by atoms with Crippen LogP contribution >= 0.6 is 0 Å². The van der Waals surface area contributed by atoms with Gasteiger partial charge in [0.15, 0.2) is 0 Å². The van der Waals surface area contributed by atoms with E-state index in [1.807, 2.05) is 0 Å². The number of carboxylic acids is 1. The molecule has 2 amide bonds. The molecule has 1 heterocycles. The molecule has 172 valence electrons. The summed E-state index contributed by atoms with van der Waals surface area (Å²) in [5.41, 5.74) is -0.340. The zero-order valence-electron chi connectivity index (χ0n) is 18.5. The Kier molecular flexibility index (Phi) is 7.48. The minimum Gasteiger partial charge on any atom is -0.480 e. The minimum atomic E-state index is -3.67. The van der Waals surface area contributed by atoms with Crippen LogP contribution in [-0.4, -0.2) is 67.1 Å². The van der Waals surface area contributed by atoms with E-state index in [4.69, 9.17) is 0 Å². The number of hydrogen-bond acceptors (Lipinski definition) is 5. The molecule has 0 aromatic heterocycles. The van der Waals surface area contributed by atoms with E-state index < -0.39 is 51.3 Å². The predicted molar refractivity (Wildman–Crippen MR) is 117 cm³/mol. The van der Waals surface area contributed by atoms with Gasteiger partial charge in [0.25, 0.3) is 0 Å². The topological polar surface area (TPSA) is 124 Å². The number of likely N-dealkylation sites (tertiary alicyclic amines) is 1. The first kappa shape index (κ1) is 24.8. The first-order chi connectivity index (χ1) is 14.2. The lowest BCUT2D eigenvalue weighted by Crippen LogP contribution is -2.61. The predicted octanol–water partition coefficient (Wildman–Crippen LogP) is 1.45. The van der Waals surface area contributed by atoms with Crippen molar-refractivity contribution >= 4 is 33.5 Å². The third-order valence-corrected chi connectivity index (χ3v) is 5.95. The number of amides is 2. The number of hydrogen-bond donors (Lipinski definition) is 2. The number of carbonyl (C=O) groups is 3. The fraction of sp³-hybridized carbons (Fsp3) is 0.571. The molecule has 1 aliphatic rings. The van der Waals surface area contributed by atoms with Gasteiger partial charge in [0.05, 0.1) is 12.3 Å². The third-order valence-electron chi connectivity index (χ3n) is 5.17. The van der Waals surface area contributed by atoms with Crippen LogP contribution in [0.5, 0.6) is 0 Å². The number of anilines is 1. The molecule has 31 heavy (non-hydrogen) atoms. The lowest BCUT2D eigenvalue weighted by Gasteiger charge is -2.42. The van der Waals surface area contributed by atoms with Gasteiger partial charge in [-0.05, 0) is 37.3 Å². The number of nitrogens with zero attached hydrogens (tertiary/aromatic N) is 2. The summed E-state index contributed by atoms with van der Waals surface area (Å²) >= 11 is 0. The second-order valence-electron chi connectivity index (χ2n) is 8.95. The average molecular weight is 454 g/mol. The van der Waals surface area contributed by atoms with Gasteiger partial charge in [0.1, 0.15) is 12.1 Å². The van der Waals surface area contributed by atoms with Crippen LogP contribution in [0, 0.1) is 5.41 Å². The minimum absolute atomic E-state index is 0.288. The van der Waals surface area contributed by atoms with E-state index in [0.717, 1.165) is 6.26 Å². The molecule has 0 radical (unpaired) electrons. The van der Waals surface area contributed by atoms with Crippen molar-refractivity contribution in [1.82, 2.24) is 9.62 Å². The summed E-state index contributed by atoms with van der Waals surface area (Å²) in [5, 5.41) is 9.55. The summed E-state index contributed by atoms with van der Waals surface area (Å²) in [7, 11) is -3.67. The van der Waals surface area contributed by atoms with Gasteiger partial charge < -0.3 is 10.0 Å². The molecule has 2 rings (SSSR count). The molecule has 1 saturated heterocycles. The number of sulfonamides is 1. The molecular formula is C21H31N3O6S. The maximum atomic E-state index is 13.7. The van der Waals surface area contributed by atoms with Crippen molar-refractivity contribution in [3.8, 4) is 0 Å². The van der Waals surface area contributed by atoms with Gasteiger partial charge in [-0.3, -0.25) is 14.5 Å². The Labute approximate surface area is 183 Å². The summed E-state index contributed by atoms with van der Waals surface area (Å²) in [6.07, 6.45) is 1.87. The fourth-order valence-electron chi connectivity index (χ4n) is 3.88. The van der Waals surface area contributed by atoms with Gasteiger partial charge >= 0.3 is 5.97 Å². The largest absolute Gasteiger partial charge is 0.480 e. The lowest BCUT2D eigenvalue weighted by molar-refractivity contribution is -0.150. The molecular weight excluding hydrogens is 422 g/mol. The zero-order valence-corrected chi connectivity index (χ0v) is 19.3. The molecule has 0 spiro atoms. The molecule has 3 atom stereocenters. The van der Waals surface area contributed by atoms with Gasteiger partial charge in [0, 0.05) is 12.2 Å². The first-order valence-electron chi connectivity index (χ1n) is 10.1. The number of nitrogens with one attached hydrogen (secondary N) is 1. The Balaban J connectivity index is 2.57. The summed E-state index contributed by atoms with van der Waals surface area (Å²) in [6.45, 7) is 7.08. The fourth-order valence-corrected chi connectivity index (χ4v) is 4.63. The van der Waals surface area contributed by atoms with E-state index in [1.165, 1.54) is 16.7 Å². The van der Waals surface area contributed by atoms with Crippen LogP contribution in [0.3, 0.4) is 0 Å². The normalized spacial score (nSPS) is 19.0. The molecule has 1 aromatic carbocycles. The van der Waals surface area contributed by atoms with Crippen molar-refractivity contribution in [2.45, 2.75) is 58.7 Å². The molecule has 0 saturated carbocycles. The highest BCUT2D eigenvalue weighted by atomic mass is 32.2. The molecule has 3 unspecified atom stereocenters. The van der Waals surface area contributed by atoms with Gasteiger partial charge in [0.2, 0.25) is 21.8 Å². The average Bonchev–Trinajstić information content (AvgIpc) is 3.13. The van der Waals surface area contributed by atoms with Crippen LogP contribution in [0.25, 0.3) is 0 Å². The van der Waals surface area contributed by atoms with Gasteiger partial charge in [-0.2, -0.15) is 0 Å². The standard InChI is InChI=1S/C21H31N3O6S/c1-14(22-31(5,29)30)18(25)24(15-10-7-6-8-11-15)17(21(2,3)4)19(26)23-13-9-12-16(23)20(27)28/h6-8,10-11,14,16-17,22H,9,12-13H2,1-5H3,(H,27,28). The number of para-hydroxylation sites is 1. The first-order valence-corrected chi connectivity index (χ1v) is 12.0. The molecule has 1 fully saturated rings. The molecule has 1 aromatic rings. The maximum absolute atomic E-state index is 13.7. The monoisotopic (exact) mass is 453 g/mol. The van der Waals surface area contributed by atoms with Crippen molar-refractivity contribution in [3.63, 3.8) is 0 Å². The molecule has 0 bridgehead atoms. The highest BCUT2D eigenvalue weighted by Gasteiger charge is 2.46. The molecule has 1 aliphatic heterocycles. The maximum Gasteiger partial charge on any atom is 0.326 e. The van der Waals surface area contributed by atoms with Crippen molar-refractivity contribution in [3.05, 3.63) is 30.3 Å². The number of aliphatic carboxylic acids is 1. The molecule has 0 aliphatic carbocycles. The van der Waals surface area contributed by atoms with Crippen molar-refractivity contribution in [2.24, 2.45) is 5.41 Å². The van der Waals surface area contributed by atoms with Crippen LogP contribution in [0.15, 0.2) is 30.3 Å². The van der Waals surface area contributed by atoms with Crippen molar-refractivity contribution in [2.75, 3.05) is 17.7 Å². The summed E-state index contributed by atoms with van der Waals surface area (Å²) in [4.78, 5) is 41.4. The van der Waals surface area contributed by atoms with Crippen LogP contribution < -0.4 is 9.62 Å². The SMILES string of the molecule is CC(NS(C)(=O)=O)C(=O)N(c1ccccc1)C(C(=O)N1CCCC1C(=O)O)C(C)(C)C. The van der Waals surface area contributed by atoms with E-state index in [2.05, 4.69) is 4.72 Å². The highest BCUT2D eigenvalue weighted by Crippen LogP contribution is 2.33. The van der Waals surface area contributed by atoms with Gasteiger partial charge in [-0.15, -0.1) is 0 Å². The van der Waals surface area contributed by atoms with Crippen LogP contribution in [0.2, 0.25) is 0 Å². The third kappa shape index (κ3) is 6.04. The molecule has 10 heteroatoms. The van der Waals surface area contributed by atoms with Gasteiger partial charge in [-0.1, -0.05) is 39.0 Å². The molecule has 9 nitrogen and oxygen atoms in total. The summed E-state index contributed by atoms with van der Waals surface area (Å²) < 4.78 is 25.7. The van der Waals surface area contributed by atoms with E-state index in [9.17, 15) is 27.9 Å². The van der Waals surface area contributed by atoms with Crippen LogP contribution in [0.4, 0.5) is 5.69 Å². The number of benzene rings is 1. The summed E-state index contributed by atoms with van der Waals surface area (Å²) in [6, 6.07) is 5.41. The van der Waals surface area contributed by atoms with E-state index >= 15 is 0 Å². The van der Waals surface area contributed by atoms with E-state index in [-0.39, 0.29) is 6.54 Å². The quantitative estimate of drug-likeness (QED) is 0.644. The lowest BCUT2D eigenvalue weighted by atomic mass is 9.83. The van der Waals surface area contributed by atoms with Crippen LogP contribution in [-0.2, 0) is 24.4 Å². The van der Waals surface area contributed by atoms with E-state index in [1.54, 1.807) is 51.1 Å². The van der Waals surface area contributed by atoms with Crippen LogP contribution in [0.1, 0.15) is 40.5 Å². The number of carbonyl (C=O) groups excluding carboxylic acids is 2. The number of rotatable bonds is 7.